The van der Waals surface area contributed by atoms with Gasteiger partial charge in [0.15, 0.2) is 0 Å². The van der Waals surface area contributed by atoms with Crippen LogP contribution in [0.15, 0.2) is 0 Å². The molecule has 0 amide bonds. The third-order valence-electron chi connectivity index (χ3n) is 5.09. The van der Waals surface area contributed by atoms with E-state index in [1.807, 2.05) is 0 Å². The van der Waals surface area contributed by atoms with Gasteiger partial charge in [0.25, 0.3) is 0 Å². The Hall–Kier alpha value is -0.0800. The predicted octanol–water partition coefficient (Wildman–Crippen LogP) is 3.06. The van der Waals surface area contributed by atoms with Gasteiger partial charge in [0.2, 0.25) is 0 Å². The van der Waals surface area contributed by atoms with Gasteiger partial charge in [-0.15, -0.1) is 0 Å². The highest BCUT2D eigenvalue weighted by atomic mass is 15.0. The Morgan fingerprint density at radius 2 is 1.71 bits per heavy atom. The second-order valence-corrected chi connectivity index (χ2v) is 6.18. The van der Waals surface area contributed by atoms with Gasteiger partial charge in [0, 0.05) is 12.1 Å². The second kappa shape index (κ2) is 6.75. The SMILES string of the molecule is CCC1CCC(NC2CCCCC2CN)CC1. The number of hydrogen-bond donors (Lipinski definition) is 2. The van der Waals surface area contributed by atoms with Gasteiger partial charge < -0.3 is 11.1 Å². The average molecular weight is 238 g/mol. The zero-order valence-corrected chi connectivity index (χ0v) is 11.5. The number of rotatable bonds is 4. The first kappa shape index (κ1) is 13.4. The first-order valence-electron chi connectivity index (χ1n) is 7.79. The van der Waals surface area contributed by atoms with Crippen molar-refractivity contribution in [2.24, 2.45) is 17.6 Å². The minimum Gasteiger partial charge on any atom is -0.330 e. The molecule has 0 aromatic carbocycles. The van der Waals surface area contributed by atoms with E-state index in [0.29, 0.717) is 0 Å². The van der Waals surface area contributed by atoms with E-state index in [4.69, 9.17) is 5.73 Å². The summed E-state index contributed by atoms with van der Waals surface area (Å²) in [5, 5.41) is 3.92. The Bertz CT molecular complexity index is 209. The van der Waals surface area contributed by atoms with Crippen LogP contribution in [0, 0.1) is 11.8 Å². The molecule has 0 heterocycles. The van der Waals surface area contributed by atoms with Crippen LogP contribution in [-0.2, 0) is 0 Å². The molecule has 0 aromatic rings. The van der Waals surface area contributed by atoms with Gasteiger partial charge in [0.05, 0.1) is 0 Å². The van der Waals surface area contributed by atoms with Crippen LogP contribution in [0.1, 0.15) is 64.7 Å². The lowest BCUT2D eigenvalue weighted by atomic mass is 9.81. The van der Waals surface area contributed by atoms with Gasteiger partial charge >= 0.3 is 0 Å². The van der Waals surface area contributed by atoms with Gasteiger partial charge in [-0.3, -0.25) is 0 Å². The van der Waals surface area contributed by atoms with Crippen molar-refractivity contribution < 1.29 is 0 Å². The number of hydrogen-bond acceptors (Lipinski definition) is 2. The smallest absolute Gasteiger partial charge is 0.0110 e. The molecule has 0 radical (unpaired) electrons. The van der Waals surface area contributed by atoms with Crippen LogP contribution in [0.25, 0.3) is 0 Å². The van der Waals surface area contributed by atoms with E-state index >= 15 is 0 Å². The molecule has 2 aliphatic carbocycles. The summed E-state index contributed by atoms with van der Waals surface area (Å²) < 4.78 is 0. The minimum absolute atomic E-state index is 0.719. The molecule has 3 N–H and O–H groups in total. The molecule has 0 spiro atoms. The molecule has 2 heteroatoms. The standard InChI is InChI=1S/C15H30N2/c1-2-12-7-9-14(10-8-12)17-15-6-4-3-5-13(15)11-16/h12-15,17H,2-11,16H2,1H3. The van der Waals surface area contributed by atoms with Gasteiger partial charge in [-0.25, -0.2) is 0 Å². The Kier molecular flexibility index (Phi) is 5.30. The zero-order valence-electron chi connectivity index (χ0n) is 11.5. The van der Waals surface area contributed by atoms with E-state index in [9.17, 15) is 0 Å². The highest BCUT2D eigenvalue weighted by molar-refractivity contribution is 4.86. The Labute approximate surface area is 107 Å². The molecule has 2 unspecified atom stereocenters. The molecule has 2 fully saturated rings. The van der Waals surface area contributed by atoms with Crippen LogP contribution in [0.4, 0.5) is 0 Å². The first-order chi connectivity index (χ1) is 8.33. The fourth-order valence-corrected chi connectivity index (χ4v) is 3.75. The summed E-state index contributed by atoms with van der Waals surface area (Å²) in [4.78, 5) is 0. The molecule has 2 aliphatic rings. The van der Waals surface area contributed by atoms with Crippen molar-refractivity contribution in [3.05, 3.63) is 0 Å². The Morgan fingerprint density at radius 1 is 1.00 bits per heavy atom. The molecule has 17 heavy (non-hydrogen) atoms. The van der Waals surface area contributed by atoms with Crippen LogP contribution >= 0.6 is 0 Å². The molecule has 0 saturated heterocycles. The molecule has 2 atom stereocenters. The van der Waals surface area contributed by atoms with Crippen LogP contribution in [0.2, 0.25) is 0 Å². The summed E-state index contributed by atoms with van der Waals surface area (Å²) in [6, 6.07) is 1.51. The summed E-state index contributed by atoms with van der Waals surface area (Å²) in [6.07, 6.45) is 12.5. The molecule has 0 aromatic heterocycles. The third-order valence-corrected chi connectivity index (χ3v) is 5.09. The van der Waals surface area contributed by atoms with Crippen molar-refractivity contribution in [3.8, 4) is 0 Å². The summed E-state index contributed by atoms with van der Waals surface area (Å²) in [6.45, 7) is 3.21. The van der Waals surface area contributed by atoms with E-state index < -0.39 is 0 Å². The van der Waals surface area contributed by atoms with Crippen LogP contribution in [0.3, 0.4) is 0 Å². The van der Waals surface area contributed by atoms with Gasteiger partial charge in [-0.05, 0) is 56.9 Å². The topological polar surface area (TPSA) is 38.0 Å². The van der Waals surface area contributed by atoms with Crippen molar-refractivity contribution in [2.75, 3.05) is 6.54 Å². The largest absolute Gasteiger partial charge is 0.330 e. The monoisotopic (exact) mass is 238 g/mol. The van der Waals surface area contributed by atoms with Crippen LogP contribution < -0.4 is 11.1 Å². The second-order valence-electron chi connectivity index (χ2n) is 6.18. The zero-order chi connectivity index (χ0) is 12.1. The van der Waals surface area contributed by atoms with Crippen molar-refractivity contribution in [1.29, 1.82) is 0 Å². The molecule has 100 valence electrons. The average Bonchev–Trinajstić information content (AvgIpc) is 2.40. The maximum absolute atomic E-state index is 5.90. The summed E-state index contributed by atoms with van der Waals surface area (Å²) in [5.41, 5.74) is 5.90. The molecule has 2 saturated carbocycles. The summed E-state index contributed by atoms with van der Waals surface area (Å²) in [7, 11) is 0. The van der Waals surface area contributed by atoms with Crippen molar-refractivity contribution in [2.45, 2.75) is 76.8 Å². The highest BCUT2D eigenvalue weighted by Gasteiger charge is 2.27. The quantitative estimate of drug-likeness (QED) is 0.790. The molecular formula is C15H30N2. The van der Waals surface area contributed by atoms with Gasteiger partial charge in [-0.2, -0.15) is 0 Å². The summed E-state index contributed by atoms with van der Waals surface area (Å²) >= 11 is 0. The maximum Gasteiger partial charge on any atom is 0.0110 e. The maximum atomic E-state index is 5.90. The first-order valence-corrected chi connectivity index (χ1v) is 7.79. The van der Waals surface area contributed by atoms with Crippen molar-refractivity contribution in [3.63, 3.8) is 0 Å². The summed E-state index contributed by atoms with van der Waals surface area (Å²) in [5.74, 6) is 1.75. The van der Waals surface area contributed by atoms with E-state index in [2.05, 4.69) is 12.2 Å². The normalized spacial score (nSPS) is 39.2. The van der Waals surface area contributed by atoms with Gasteiger partial charge in [0.1, 0.15) is 0 Å². The van der Waals surface area contributed by atoms with E-state index in [0.717, 1.165) is 30.5 Å². The molecule has 2 rings (SSSR count). The lowest BCUT2D eigenvalue weighted by Gasteiger charge is -2.37. The number of nitrogens with one attached hydrogen (secondary N) is 1. The Balaban J connectivity index is 1.76. The van der Waals surface area contributed by atoms with E-state index in [1.165, 1.54) is 57.8 Å². The number of nitrogens with two attached hydrogens (primary N) is 1. The van der Waals surface area contributed by atoms with Crippen LogP contribution in [-0.4, -0.2) is 18.6 Å². The Morgan fingerprint density at radius 3 is 2.35 bits per heavy atom. The predicted molar refractivity (Wildman–Crippen MR) is 74.0 cm³/mol. The molecule has 2 nitrogen and oxygen atoms in total. The van der Waals surface area contributed by atoms with Crippen molar-refractivity contribution >= 4 is 0 Å². The minimum atomic E-state index is 0.719. The lowest BCUT2D eigenvalue weighted by molar-refractivity contribution is 0.207. The van der Waals surface area contributed by atoms with Crippen LogP contribution in [0.5, 0.6) is 0 Å². The fraction of sp³-hybridized carbons (Fsp3) is 1.00. The van der Waals surface area contributed by atoms with E-state index in [-0.39, 0.29) is 0 Å². The lowest BCUT2D eigenvalue weighted by Crippen LogP contribution is -2.47. The fourth-order valence-electron chi connectivity index (χ4n) is 3.75. The van der Waals surface area contributed by atoms with E-state index in [1.54, 1.807) is 0 Å². The van der Waals surface area contributed by atoms with Crippen molar-refractivity contribution in [1.82, 2.24) is 5.32 Å². The molecule has 0 bridgehead atoms. The third kappa shape index (κ3) is 3.69. The molecule has 0 aliphatic heterocycles. The highest BCUT2D eigenvalue weighted by Crippen LogP contribution is 2.29. The molecular weight excluding hydrogens is 208 g/mol. The van der Waals surface area contributed by atoms with Gasteiger partial charge in [-0.1, -0.05) is 26.2 Å².